The molecule has 112 valence electrons. The number of hydrogen-bond donors (Lipinski definition) is 2. The number of rotatable bonds is 9. The van der Waals surface area contributed by atoms with E-state index in [0.717, 1.165) is 38.7 Å². The quantitative estimate of drug-likeness (QED) is 0.281. The monoisotopic (exact) mass is 273 g/mol. The number of esters is 1. The van der Waals surface area contributed by atoms with Crippen LogP contribution in [0.5, 0.6) is 0 Å². The number of carbonyl (C=O) groups is 1. The summed E-state index contributed by atoms with van der Waals surface area (Å²) in [6.45, 7) is 9.24. The highest BCUT2D eigenvalue weighted by atomic mass is 16.5. The Morgan fingerprint density at radius 2 is 2.05 bits per heavy atom. The second-order valence-electron chi connectivity index (χ2n) is 4.12. The summed E-state index contributed by atoms with van der Waals surface area (Å²) in [6.07, 6.45) is 0.921. The SMILES string of the molecule is CCNC(=NCC(C)C(=O)OC)NCCCOCC. The minimum atomic E-state index is -0.240. The van der Waals surface area contributed by atoms with Gasteiger partial charge >= 0.3 is 5.97 Å². The molecular weight excluding hydrogens is 246 g/mol. The lowest BCUT2D eigenvalue weighted by Crippen LogP contribution is -2.38. The predicted molar refractivity (Wildman–Crippen MR) is 76.3 cm³/mol. The van der Waals surface area contributed by atoms with Crippen LogP contribution >= 0.6 is 0 Å². The zero-order chi connectivity index (χ0) is 14.5. The highest BCUT2D eigenvalue weighted by Crippen LogP contribution is 1.97. The fourth-order valence-electron chi connectivity index (χ4n) is 1.37. The number of ether oxygens (including phenoxy) is 2. The van der Waals surface area contributed by atoms with E-state index in [1.165, 1.54) is 7.11 Å². The van der Waals surface area contributed by atoms with Gasteiger partial charge in [-0.05, 0) is 20.3 Å². The summed E-state index contributed by atoms with van der Waals surface area (Å²) >= 11 is 0. The normalized spacial score (nSPS) is 12.9. The largest absolute Gasteiger partial charge is 0.469 e. The lowest BCUT2D eigenvalue weighted by atomic mass is 10.2. The van der Waals surface area contributed by atoms with Crippen LogP contribution in [0.15, 0.2) is 4.99 Å². The maximum Gasteiger partial charge on any atom is 0.310 e. The Morgan fingerprint density at radius 3 is 2.63 bits per heavy atom. The van der Waals surface area contributed by atoms with Gasteiger partial charge in [-0.3, -0.25) is 9.79 Å². The lowest BCUT2D eigenvalue weighted by Gasteiger charge is -2.12. The second kappa shape index (κ2) is 11.8. The number of methoxy groups -OCH3 is 1. The smallest absolute Gasteiger partial charge is 0.310 e. The Labute approximate surface area is 116 Å². The first kappa shape index (κ1) is 17.7. The second-order valence-corrected chi connectivity index (χ2v) is 4.12. The molecule has 0 amide bonds. The van der Waals surface area contributed by atoms with Gasteiger partial charge in [0.15, 0.2) is 5.96 Å². The van der Waals surface area contributed by atoms with Crippen molar-refractivity contribution in [3.63, 3.8) is 0 Å². The average molecular weight is 273 g/mol. The highest BCUT2D eigenvalue weighted by Gasteiger charge is 2.12. The van der Waals surface area contributed by atoms with E-state index >= 15 is 0 Å². The number of nitrogens with one attached hydrogen (secondary N) is 2. The van der Waals surface area contributed by atoms with Crippen LogP contribution in [0.4, 0.5) is 0 Å². The standard InChI is InChI=1S/C13H27N3O3/c1-5-14-13(15-8-7-9-19-6-2)16-10-11(3)12(17)18-4/h11H,5-10H2,1-4H3,(H2,14,15,16). The van der Waals surface area contributed by atoms with Crippen LogP contribution in [-0.4, -0.2) is 51.9 Å². The molecule has 0 bridgehead atoms. The maximum absolute atomic E-state index is 11.3. The van der Waals surface area contributed by atoms with E-state index < -0.39 is 0 Å². The van der Waals surface area contributed by atoms with Crippen LogP contribution in [-0.2, 0) is 14.3 Å². The van der Waals surface area contributed by atoms with Gasteiger partial charge < -0.3 is 20.1 Å². The van der Waals surface area contributed by atoms with E-state index in [2.05, 4.69) is 20.4 Å². The minimum absolute atomic E-state index is 0.233. The molecule has 0 radical (unpaired) electrons. The van der Waals surface area contributed by atoms with Gasteiger partial charge in [0, 0.05) is 26.3 Å². The summed E-state index contributed by atoms with van der Waals surface area (Å²) < 4.78 is 9.92. The van der Waals surface area contributed by atoms with Crippen LogP contribution in [0, 0.1) is 5.92 Å². The molecule has 0 aliphatic rings. The molecular formula is C13H27N3O3. The topological polar surface area (TPSA) is 72.0 Å². The zero-order valence-corrected chi connectivity index (χ0v) is 12.5. The van der Waals surface area contributed by atoms with Crippen LogP contribution in [0.1, 0.15) is 27.2 Å². The molecule has 0 spiro atoms. The molecule has 0 saturated carbocycles. The third-order valence-corrected chi connectivity index (χ3v) is 2.43. The van der Waals surface area contributed by atoms with Crippen molar-refractivity contribution in [2.45, 2.75) is 27.2 Å². The van der Waals surface area contributed by atoms with Crippen LogP contribution < -0.4 is 10.6 Å². The first-order chi connectivity index (χ1) is 9.15. The van der Waals surface area contributed by atoms with Crippen LogP contribution in [0.2, 0.25) is 0 Å². The van der Waals surface area contributed by atoms with Gasteiger partial charge in [0.2, 0.25) is 0 Å². The molecule has 6 heteroatoms. The average Bonchev–Trinajstić information content (AvgIpc) is 2.43. The number of carbonyl (C=O) groups excluding carboxylic acids is 1. The van der Waals surface area contributed by atoms with Gasteiger partial charge in [-0.1, -0.05) is 6.92 Å². The molecule has 2 N–H and O–H groups in total. The molecule has 0 heterocycles. The van der Waals surface area contributed by atoms with Gasteiger partial charge in [0.05, 0.1) is 19.6 Å². The van der Waals surface area contributed by atoms with Crippen molar-refractivity contribution >= 4 is 11.9 Å². The van der Waals surface area contributed by atoms with Crippen molar-refractivity contribution in [2.75, 3.05) is 40.0 Å². The molecule has 1 unspecified atom stereocenters. The molecule has 0 saturated heterocycles. The van der Waals surface area contributed by atoms with Gasteiger partial charge in [0.25, 0.3) is 0 Å². The summed E-state index contributed by atoms with van der Waals surface area (Å²) in [5.74, 6) is 0.245. The third kappa shape index (κ3) is 9.30. The Kier molecular flexibility index (Phi) is 11.0. The fraction of sp³-hybridized carbons (Fsp3) is 0.846. The van der Waals surface area contributed by atoms with Gasteiger partial charge in [-0.2, -0.15) is 0 Å². The number of nitrogens with zero attached hydrogens (tertiary/aromatic N) is 1. The Morgan fingerprint density at radius 1 is 1.32 bits per heavy atom. The number of aliphatic imine (C=N–C) groups is 1. The molecule has 0 aromatic heterocycles. The first-order valence-electron chi connectivity index (χ1n) is 6.83. The lowest BCUT2D eigenvalue weighted by molar-refractivity contribution is -0.144. The zero-order valence-electron chi connectivity index (χ0n) is 12.5. The van der Waals surface area contributed by atoms with E-state index in [1.54, 1.807) is 6.92 Å². The van der Waals surface area contributed by atoms with E-state index in [1.807, 2.05) is 13.8 Å². The molecule has 6 nitrogen and oxygen atoms in total. The van der Waals surface area contributed by atoms with Crippen molar-refractivity contribution in [3.05, 3.63) is 0 Å². The molecule has 0 aliphatic heterocycles. The summed E-state index contributed by atoms with van der Waals surface area (Å²) in [5.41, 5.74) is 0. The number of guanidine groups is 1. The van der Waals surface area contributed by atoms with Crippen LogP contribution in [0.3, 0.4) is 0 Å². The number of hydrogen-bond acceptors (Lipinski definition) is 4. The molecule has 0 aromatic carbocycles. The predicted octanol–water partition coefficient (Wildman–Crippen LogP) is 0.777. The van der Waals surface area contributed by atoms with E-state index in [4.69, 9.17) is 4.74 Å². The minimum Gasteiger partial charge on any atom is -0.469 e. The Hall–Kier alpha value is -1.30. The Bertz CT molecular complexity index is 270. The van der Waals surface area contributed by atoms with E-state index in [9.17, 15) is 4.79 Å². The molecule has 0 aromatic rings. The summed E-state index contributed by atoms with van der Waals surface area (Å²) in [7, 11) is 1.39. The summed E-state index contributed by atoms with van der Waals surface area (Å²) in [6, 6.07) is 0. The van der Waals surface area contributed by atoms with Crippen molar-refractivity contribution in [1.82, 2.24) is 10.6 Å². The van der Waals surface area contributed by atoms with E-state index in [-0.39, 0.29) is 11.9 Å². The molecule has 0 rings (SSSR count). The fourth-order valence-corrected chi connectivity index (χ4v) is 1.37. The van der Waals surface area contributed by atoms with Crippen LogP contribution in [0.25, 0.3) is 0 Å². The highest BCUT2D eigenvalue weighted by molar-refractivity contribution is 5.80. The van der Waals surface area contributed by atoms with Crippen molar-refractivity contribution < 1.29 is 14.3 Å². The molecule has 19 heavy (non-hydrogen) atoms. The van der Waals surface area contributed by atoms with Gasteiger partial charge in [-0.25, -0.2) is 0 Å². The van der Waals surface area contributed by atoms with Gasteiger partial charge in [0.1, 0.15) is 0 Å². The van der Waals surface area contributed by atoms with Crippen molar-refractivity contribution in [3.8, 4) is 0 Å². The van der Waals surface area contributed by atoms with Crippen molar-refractivity contribution in [1.29, 1.82) is 0 Å². The maximum atomic E-state index is 11.3. The first-order valence-corrected chi connectivity index (χ1v) is 6.83. The summed E-state index contributed by atoms with van der Waals surface area (Å²) in [5, 5.41) is 6.33. The third-order valence-electron chi connectivity index (χ3n) is 2.43. The molecule has 0 fully saturated rings. The summed E-state index contributed by atoms with van der Waals surface area (Å²) in [4.78, 5) is 15.6. The Balaban J connectivity index is 4.04. The molecule has 1 atom stereocenters. The molecule has 0 aliphatic carbocycles. The van der Waals surface area contributed by atoms with Gasteiger partial charge in [-0.15, -0.1) is 0 Å². The van der Waals surface area contributed by atoms with E-state index in [0.29, 0.717) is 6.54 Å². The van der Waals surface area contributed by atoms with Crippen molar-refractivity contribution in [2.24, 2.45) is 10.9 Å².